The summed E-state index contributed by atoms with van der Waals surface area (Å²) in [5.41, 5.74) is 1.04. The maximum atomic E-state index is 12.3. The Hall–Kier alpha value is -2.68. The number of fused-ring (bicyclic) bond motifs is 1. The number of nitrogens with one attached hydrogen (secondary N) is 1. The Bertz CT molecular complexity index is 918. The molecule has 8 nitrogen and oxygen atoms in total. The molecule has 0 aliphatic rings. The van der Waals surface area contributed by atoms with E-state index in [1.165, 1.54) is 11.3 Å². The summed E-state index contributed by atoms with van der Waals surface area (Å²) in [4.78, 5) is 13.0. The SMILES string of the molecule is COc1ccc(CCNC(=O)c2nn3c(C(C)C)nnc3s2)cc1OC. The van der Waals surface area contributed by atoms with Crippen LogP contribution in [0.25, 0.3) is 4.96 Å². The van der Waals surface area contributed by atoms with E-state index in [4.69, 9.17) is 9.47 Å². The van der Waals surface area contributed by atoms with Crippen molar-refractivity contribution in [1.82, 2.24) is 25.1 Å². The molecule has 138 valence electrons. The second kappa shape index (κ2) is 7.69. The fourth-order valence-corrected chi connectivity index (χ4v) is 3.28. The van der Waals surface area contributed by atoms with E-state index < -0.39 is 0 Å². The highest BCUT2D eigenvalue weighted by atomic mass is 32.1. The van der Waals surface area contributed by atoms with E-state index >= 15 is 0 Å². The third-order valence-electron chi connectivity index (χ3n) is 3.87. The van der Waals surface area contributed by atoms with Gasteiger partial charge in [-0.3, -0.25) is 4.79 Å². The average Bonchev–Trinajstić information content (AvgIpc) is 3.21. The molecule has 0 aliphatic carbocycles. The van der Waals surface area contributed by atoms with Gasteiger partial charge in [0.15, 0.2) is 17.3 Å². The lowest BCUT2D eigenvalue weighted by Gasteiger charge is -2.09. The van der Waals surface area contributed by atoms with Crippen LogP contribution in [0, 0.1) is 0 Å². The van der Waals surface area contributed by atoms with Crippen molar-refractivity contribution in [3.05, 3.63) is 34.6 Å². The molecule has 0 fully saturated rings. The van der Waals surface area contributed by atoms with Gasteiger partial charge in [0.05, 0.1) is 14.2 Å². The normalized spacial score (nSPS) is 11.1. The summed E-state index contributed by atoms with van der Waals surface area (Å²) in [5.74, 6) is 2.08. The van der Waals surface area contributed by atoms with E-state index in [9.17, 15) is 4.79 Å². The first-order chi connectivity index (χ1) is 12.5. The van der Waals surface area contributed by atoms with Gasteiger partial charge in [-0.25, -0.2) is 0 Å². The van der Waals surface area contributed by atoms with Crippen molar-refractivity contribution in [2.24, 2.45) is 0 Å². The molecule has 0 aliphatic heterocycles. The van der Waals surface area contributed by atoms with Crippen molar-refractivity contribution in [1.29, 1.82) is 0 Å². The lowest BCUT2D eigenvalue weighted by atomic mass is 10.1. The number of benzene rings is 1. The molecule has 1 amide bonds. The molecule has 0 saturated heterocycles. The minimum Gasteiger partial charge on any atom is -0.493 e. The molecule has 0 atom stereocenters. The zero-order valence-corrected chi connectivity index (χ0v) is 16.0. The molecule has 9 heteroatoms. The Kier molecular flexibility index (Phi) is 5.36. The van der Waals surface area contributed by atoms with Crippen LogP contribution in [0.5, 0.6) is 11.5 Å². The monoisotopic (exact) mass is 375 g/mol. The number of methoxy groups -OCH3 is 2. The summed E-state index contributed by atoms with van der Waals surface area (Å²) >= 11 is 1.23. The fraction of sp³-hybridized carbons (Fsp3) is 0.412. The van der Waals surface area contributed by atoms with Crippen LogP contribution in [0.1, 0.15) is 41.0 Å². The topological polar surface area (TPSA) is 90.6 Å². The number of rotatable bonds is 7. The molecule has 1 aromatic carbocycles. The highest BCUT2D eigenvalue weighted by molar-refractivity contribution is 7.18. The molecule has 0 spiro atoms. The molecule has 2 aromatic heterocycles. The van der Waals surface area contributed by atoms with Crippen LogP contribution < -0.4 is 14.8 Å². The molecule has 0 bridgehead atoms. The first kappa shape index (κ1) is 18.1. The van der Waals surface area contributed by atoms with E-state index in [2.05, 4.69) is 20.6 Å². The third-order valence-corrected chi connectivity index (χ3v) is 4.77. The van der Waals surface area contributed by atoms with Crippen molar-refractivity contribution in [3.8, 4) is 11.5 Å². The van der Waals surface area contributed by atoms with Gasteiger partial charge in [0.2, 0.25) is 9.97 Å². The maximum Gasteiger partial charge on any atom is 0.282 e. The van der Waals surface area contributed by atoms with Gasteiger partial charge in [0.1, 0.15) is 0 Å². The van der Waals surface area contributed by atoms with Gasteiger partial charge >= 0.3 is 0 Å². The van der Waals surface area contributed by atoms with Gasteiger partial charge in [-0.2, -0.15) is 4.52 Å². The van der Waals surface area contributed by atoms with E-state index in [1.807, 2.05) is 32.0 Å². The molecule has 3 rings (SSSR count). The van der Waals surface area contributed by atoms with Gasteiger partial charge in [0, 0.05) is 12.5 Å². The Morgan fingerprint density at radius 1 is 1.23 bits per heavy atom. The molecule has 2 heterocycles. The molecule has 0 radical (unpaired) electrons. The van der Waals surface area contributed by atoms with Gasteiger partial charge in [-0.05, 0) is 24.1 Å². The summed E-state index contributed by atoms with van der Waals surface area (Å²) in [6, 6.07) is 5.71. The number of amides is 1. The number of hydrogen-bond donors (Lipinski definition) is 1. The van der Waals surface area contributed by atoms with E-state index in [-0.39, 0.29) is 11.8 Å². The van der Waals surface area contributed by atoms with Crippen LogP contribution in [0.4, 0.5) is 0 Å². The predicted octanol–water partition coefficient (Wildman–Crippen LogP) is 2.30. The second-order valence-corrected chi connectivity index (χ2v) is 6.97. The molecular formula is C17H21N5O3S. The number of nitrogens with zero attached hydrogens (tertiary/aromatic N) is 4. The quantitative estimate of drug-likeness (QED) is 0.681. The zero-order valence-electron chi connectivity index (χ0n) is 15.1. The molecule has 0 unspecified atom stereocenters. The first-order valence-corrected chi connectivity index (χ1v) is 9.06. The van der Waals surface area contributed by atoms with Crippen molar-refractivity contribution < 1.29 is 14.3 Å². The van der Waals surface area contributed by atoms with Crippen LogP contribution in [-0.2, 0) is 6.42 Å². The zero-order chi connectivity index (χ0) is 18.7. The van der Waals surface area contributed by atoms with E-state index in [1.54, 1.807) is 18.7 Å². The Balaban J connectivity index is 1.62. The van der Waals surface area contributed by atoms with E-state index in [0.29, 0.717) is 34.4 Å². The van der Waals surface area contributed by atoms with Gasteiger partial charge in [0.25, 0.3) is 5.91 Å². The smallest absolute Gasteiger partial charge is 0.282 e. The van der Waals surface area contributed by atoms with Crippen molar-refractivity contribution in [2.45, 2.75) is 26.2 Å². The summed E-state index contributed by atoms with van der Waals surface area (Å²) in [6.07, 6.45) is 0.674. The summed E-state index contributed by atoms with van der Waals surface area (Å²) in [7, 11) is 3.20. The Labute approximate surface area is 155 Å². The molecule has 26 heavy (non-hydrogen) atoms. The molecule has 0 saturated carbocycles. The second-order valence-electron chi connectivity index (χ2n) is 6.01. The van der Waals surface area contributed by atoms with Crippen LogP contribution >= 0.6 is 11.3 Å². The number of hydrogen-bond acceptors (Lipinski definition) is 7. The number of carbonyl (C=O) groups excluding carboxylic acids is 1. The fourth-order valence-electron chi connectivity index (χ4n) is 2.52. The van der Waals surface area contributed by atoms with Gasteiger partial charge in [-0.1, -0.05) is 31.3 Å². The Morgan fingerprint density at radius 3 is 2.69 bits per heavy atom. The Morgan fingerprint density at radius 2 is 2.00 bits per heavy atom. The molecular weight excluding hydrogens is 354 g/mol. The van der Waals surface area contributed by atoms with Crippen LogP contribution in [0.15, 0.2) is 18.2 Å². The highest BCUT2D eigenvalue weighted by Crippen LogP contribution is 2.27. The standard InChI is InChI=1S/C17H21N5O3S/c1-10(2)14-19-20-17-22(14)21-16(26-17)15(23)18-8-7-11-5-6-12(24-3)13(9-11)25-4/h5-6,9-10H,7-8H2,1-4H3,(H,18,23). The highest BCUT2D eigenvalue weighted by Gasteiger charge is 2.18. The average molecular weight is 375 g/mol. The predicted molar refractivity (Wildman–Crippen MR) is 98.3 cm³/mol. The minimum atomic E-state index is -0.212. The summed E-state index contributed by atoms with van der Waals surface area (Å²) in [5, 5.41) is 15.8. The lowest BCUT2D eigenvalue weighted by Crippen LogP contribution is -2.25. The van der Waals surface area contributed by atoms with Crippen molar-refractivity contribution >= 4 is 22.2 Å². The molecule has 3 aromatic rings. The molecule has 1 N–H and O–H groups in total. The summed E-state index contributed by atoms with van der Waals surface area (Å²) < 4.78 is 12.2. The van der Waals surface area contributed by atoms with E-state index in [0.717, 1.165) is 11.4 Å². The first-order valence-electron chi connectivity index (χ1n) is 8.24. The van der Waals surface area contributed by atoms with Crippen molar-refractivity contribution in [3.63, 3.8) is 0 Å². The van der Waals surface area contributed by atoms with Crippen LogP contribution in [-0.4, -0.2) is 46.5 Å². The van der Waals surface area contributed by atoms with Gasteiger partial charge < -0.3 is 14.8 Å². The lowest BCUT2D eigenvalue weighted by molar-refractivity contribution is 0.0952. The van der Waals surface area contributed by atoms with Crippen LogP contribution in [0.2, 0.25) is 0 Å². The van der Waals surface area contributed by atoms with Crippen molar-refractivity contribution in [2.75, 3.05) is 20.8 Å². The maximum absolute atomic E-state index is 12.3. The third kappa shape index (κ3) is 3.62. The minimum absolute atomic E-state index is 0.188. The van der Waals surface area contributed by atoms with Gasteiger partial charge in [-0.15, -0.1) is 15.3 Å². The number of ether oxygens (including phenoxy) is 2. The number of carbonyl (C=O) groups is 1. The number of aromatic nitrogens is 4. The largest absolute Gasteiger partial charge is 0.493 e. The summed E-state index contributed by atoms with van der Waals surface area (Å²) in [6.45, 7) is 4.52. The van der Waals surface area contributed by atoms with Crippen LogP contribution in [0.3, 0.4) is 0 Å².